The predicted octanol–water partition coefficient (Wildman–Crippen LogP) is 1.86. The highest BCUT2D eigenvalue weighted by molar-refractivity contribution is 6.07. The minimum absolute atomic E-state index is 0.0354. The zero-order valence-corrected chi connectivity index (χ0v) is 9.64. The highest BCUT2D eigenvalue weighted by atomic mass is 16.6. The van der Waals surface area contributed by atoms with E-state index in [0.717, 1.165) is 11.1 Å². The van der Waals surface area contributed by atoms with Crippen molar-refractivity contribution in [1.29, 1.82) is 0 Å². The van der Waals surface area contributed by atoms with E-state index in [0.29, 0.717) is 0 Å². The van der Waals surface area contributed by atoms with Gasteiger partial charge in [-0.25, -0.2) is 4.79 Å². The topological polar surface area (TPSA) is 75.6 Å². The van der Waals surface area contributed by atoms with Crippen molar-refractivity contribution in [1.82, 2.24) is 5.32 Å². The van der Waals surface area contributed by atoms with Gasteiger partial charge in [0.15, 0.2) is 5.76 Å². The number of imide groups is 1. The number of carbonyl (C=O) groups excluding carboxylic acids is 2. The summed E-state index contributed by atoms with van der Waals surface area (Å²) in [5.74, 6) is -0.354. The van der Waals surface area contributed by atoms with Crippen LogP contribution in [0.2, 0.25) is 0 Å². The minimum Gasteiger partial charge on any atom is -0.508 e. The van der Waals surface area contributed by atoms with Gasteiger partial charge in [0.05, 0.1) is 0 Å². The predicted molar refractivity (Wildman–Crippen MR) is 64.6 cm³/mol. The summed E-state index contributed by atoms with van der Waals surface area (Å²) >= 11 is 0. The molecule has 5 heteroatoms. The lowest BCUT2D eigenvalue weighted by molar-refractivity contribution is -0.116. The number of aromatic hydroxyl groups is 1. The molecule has 1 fully saturated rings. The fourth-order valence-corrected chi connectivity index (χ4v) is 1.46. The van der Waals surface area contributed by atoms with Crippen LogP contribution in [0.1, 0.15) is 11.1 Å². The number of carbonyl (C=O) groups is 2. The minimum atomic E-state index is -0.764. The van der Waals surface area contributed by atoms with E-state index in [1.54, 1.807) is 37.3 Å². The summed E-state index contributed by atoms with van der Waals surface area (Å²) < 4.78 is 4.62. The van der Waals surface area contributed by atoms with Crippen molar-refractivity contribution in [3.05, 3.63) is 47.2 Å². The summed E-state index contributed by atoms with van der Waals surface area (Å²) in [5.41, 5.74) is 1.63. The van der Waals surface area contributed by atoms with Gasteiger partial charge in [0.25, 0.3) is 5.91 Å². The van der Waals surface area contributed by atoms with Gasteiger partial charge in [-0.1, -0.05) is 18.2 Å². The number of cyclic esters (lactones) is 1. The zero-order valence-electron chi connectivity index (χ0n) is 9.64. The molecule has 2 amide bonds. The number of nitrogens with one attached hydrogen (secondary N) is 1. The van der Waals surface area contributed by atoms with Gasteiger partial charge in [-0.15, -0.1) is 0 Å². The van der Waals surface area contributed by atoms with Crippen molar-refractivity contribution in [2.24, 2.45) is 0 Å². The van der Waals surface area contributed by atoms with Crippen molar-refractivity contribution < 1.29 is 19.4 Å². The average molecular weight is 245 g/mol. The van der Waals surface area contributed by atoms with Crippen LogP contribution >= 0.6 is 0 Å². The molecule has 1 aromatic rings. The van der Waals surface area contributed by atoms with Gasteiger partial charge >= 0.3 is 6.09 Å². The van der Waals surface area contributed by atoms with Gasteiger partial charge in [-0.3, -0.25) is 10.1 Å². The molecule has 0 spiro atoms. The summed E-state index contributed by atoms with van der Waals surface area (Å²) in [5, 5.41) is 11.4. The van der Waals surface area contributed by atoms with Crippen LogP contribution in [-0.2, 0) is 9.53 Å². The summed E-state index contributed by atoms with van der Waals surface area (Å²) in [6.45, 7) is 1.79. The Morgan fingerprint density at radius 3 is 2.72 bits per heavy atom. The van der Waals surface area contributed by atoms with E-state index in [1.165, 1.54) is 6.08 Å². The Bertz CT molecular complexity index is 572. The maximum atomic E-state index is 11.1. The molecular formula is C13H11NO4. The lowest BCUT2D eigenvalue weighted by atomic mass is 10.1. The van der Waals surface area contributed by atoms with Crippen molar-refractivity contribution >= 4 is 18.1 Å². The molecule has 18 heavy (non-hydrogen) atoms. The molecule has 0 atom stereocenters. The lowest BCUT2D eigenvalue weighted by Crippen LogP contribution is -2.18. The van der Waals surface area contributed by atoms with Crippen LogP contribution in [0.3, 0.4) is 0 Å². The highest BCUT2D eigenvalue weighted by Crippen LogP contribution is 2.18. The van der Waals surface area contributed by atoms with E-state index in [2.05, 4.69) is 4.74 Å². The summed E-state index contributed by atoms with van der Waals surface area (Å²) in [4.78, 5) is 21.9. The molecule has 0 aromatic heterocycles. The number of allylic oxidation sites excluding steroid dienone is 2. The summed E-state index contributed by atoms with van der Waals surface area (Å²) in [7, 11) is 0. The second kappa shape index (κ2) is 4.75. The fourth-order valence-electron chi connectivity index (χ4n) is 1.46. The Morgan fingerprint density at radius 1 is 1.33 bits per heavy atom. The number of rotatable bonds is 2. The molecule has 0 aliphatic carbocycles. The van der Waals surface area contributed by atoms with Crippen molar-refractivity contribution in [3.63, 3.8) is 0 Å². The van der Waals surface area contributed by atoms with Crippen molar-refractivity contribution in [2.45, 2.75) is 6.92 Å². The first-order valence-corrected chi connectivity index (χ1v) is 5.27. The number of ether oxygens (including phenoxy) is 1. The number of aryl methyl sites for hydroxylation is 1. The molecule has 2 rings (SSSR count). The Morgan fingerprint density at radius 2 is 2.11 bits per heavy atom. The van der Waals surface area contributed by atoms with Crippen LogP contribution in [0.4, 0.5) is 4.79 Å². The van der Waals surface area contributed by atoms with Crippen molar-refractivity contribution in [3.8, 4) is 5.75 Å². The molecule has 5 nitrogen and oxygen atoms in total. The number of benzene rings is 1. The summed E-state index contributed by atoms with van der Waals surface area (Å²) in [6, 6.07) is 5.12. The van der Waals surface area contributed by atoms with E-state index in [9.17, 15) is 14.7 Å². The Hall–Kier alpha value is -2.56. The quantitative estimate of drug-likeness (QED) is 0.780. The van der Waals surface area contributed by atoms with E-state index in [-0.39, 0.29) is 11.5 Å². The number of hydrogen-bond donors (Lipinski definition) is 2. The molecular weight excluding hydrogens is 234 g/mol. The standard InChI is InChI=1S/C13H11NO4/c1-8-7-9(5-6-10(8)15)3-2-4-11-12(16)14-13(17)18-11/h2-7,15H,1H3,(H,14,16,17). The number of alkyl carbamates (subject to hydrolysis) is 1. The molecule has 1 saturated heterocycles. The third-order valence-electron chi connectivity index (χ3n) is 2.40. The van der Waals surface area contributed by atoms with Gasteiger partial charge in [0.2, 0.25) is 0 Å². The highest BCUT2D eigenvalue weighted by Gasteiger charge is 2.25. The third-order valence-corrected chi connectivity index (χ3v) is 2.40. The number of hydrogen-bond acceptors (Lipinski definition) is 4. The first-order valence-electron chi connectivity index (χ1n) is 5.27. The van der Waals surface area contributed by atoms with Crippen molar-refractivity contribution in [2.75, 3.05) is 0 Å². The van der Waals surface area contributed by atoms with Gasteiger partial charge in [0.1, 0.15) is 5.75 Å². The van der Waals surface area contributed by atoms with Gasteiger partial charge in [-0.05, 0) is 36.3 Å². The van der Waals surface area contributed by atoms with E-state index in [4.69, 9.17) is 0 Å². The number of phenolic OH excluding ortho intramolecular Hbond substituents is 1. The molecule has 0 saturated carbocycles. The molecule has 1 aromatic carbocycles. The largest absolute Gasteiger partial charge is 0.508 e. The van der Waals surface area contributed by atoms with Gasteiger partial charge < -0.3 is 9.84 Å². The van der Waals surface area contributed by atoms with Crippen LogP contribution in [0.25, 0.3) is 6.08 Å². The summed E-state index contributed by atoms with van der Waals surface area (Å²) in [6.07, 6.45) is 3.97. The molecule has 92 valence electrons. The first kappa shape index (κ1) is 11.9. The first-order chi connectivity index (χ1) is 8.56. The molecule has 1 aliphatic heterocycles. The van der Waals surface area contributed by atoms with Crippen LogP contribution in [0.15, 0.2) is 36.1 Å². The smallest absolute Gasteiger partial charge is 0.419 e. The van der Waals surface area contributed by atoms with Crippen LogP contribution < -0.4 is 5.32 Å². The Kier molecular flexibility index (Phi) is 3.14. The lowest BCUT2D eigenvalue weighted by Gasteiger charge is -1.98. The van der Waals surface area contributed by atoms with Crippen LogP contribution in [0, 0.1) is 6.92 Å². The van der Waals surface area contributed by atoms with E-state index >= 15 is 0 Å². The molecule has 1 aliphatic rings. The zero-order chi connectivity index (χ0) is 13.1. The Labute approximate surface area is 103 Å². The SMILES string of the molecule is Cc1cc(C=CC=C2OC(=O)NC2=O)ccc1O. The second-order valence-corrected chi connectivity index (χ2v) is 3.78. The maximum Gasteiger partial charge on any atom is 0.419 e. The van der Waals surface area contributed by atoms with E-state index < -0.39 is 12.0 Å². The Balaban J connectivity index is 2.12. The van der Waals surface area contributed by atoms with Crippen LogP contribution in [-0.4, -0.2) is 17.1 Å². The normalized spacial score (nSPS) is 17.3. The monoisotopic (exact) mass is 245 g/mol. The molecule has 1 heterocycles. The number of amides is 2. The van der Waals surface area contributed by atoms with E-state index in [1.807, 2.05) is 5.32 Å². The fraction of sp³-hybridized carbons (Fsp3) is 0.0769. The molecule has 2 N–H and O–H groups in total. The van der Waals surface area contributed by atoms with Gasteiger partial charge in [0, 0.05) is 0 Å². The molecule has 0 radical (unpaired) electrons. The van der Waals surface area contributed by atoms with Gasteiger partial charge in [-0.2, -0.15) is 0 Å². The molecule has 0 unspecified atom stereocenters. The molecule has 0 bridgehead atoms. The third kappa shape index (κ3) is 2.57. The van der Waals surface area contributed by atoms with Crippen LogP contribution in [0.5, 0.6) is 5.75 Å². The average Bonchev–Trinajstić information content (AvgIpc) is 2.63. The second-order valence-electron chi connectivity index (χ2n) is 3.78. The number of phenols is 1. The maximum absolute atomic E-state index is 11.1.